The number of carbonyl (C=O) groups is 1. The summed E-state index contributed by atoms with van der Waals surface area (Å²) in [5.74, 6) is -0.262. The van der Waals surface area contributed by atoms with Gasteiger partial charge >= 0.3 is 0 Å². The lowest BCUT2D eigenvalue weighted by molar-refractivity contribution is 0.0985. The first-order valence-corrected chi connectivity index (χ1v) is 15.7. The Kier molecular flexibility index (Phi) is 9.10. The maximum atomic E-state index is 13.9. The first-order valence-electron chi connectivity index (χ1n) is 13.1. The molecule has 2 aromatic heterocycles. The smallest absolute Gasteiger partial charge is 0.260 e. The Morgan fingerprint density at radius 1 is 1.05 bits per heavy atom. The van der Waals surface area contributed by atoms with Crippen molar-refractivity contribution in [2.24, 2.45) is 0 Å². The minimum atomic E-state index is -3.64. The zero-order chi connectivity index (χ0) is 28.3. The van der Waals surface area contributed by atoms with Gasteiger partial charge in [0.25, 0.3) is 5.91 Å². The Morgan fingerprint density at radius 2 is 1.77 bits per heavy atom. The minimum absolute atomic E-state index is 0.177. The highest BCUT2D eigenvalue weighted by molar-refractivity contribution is 7.89. The van der Waals surface area contributed by atoms with Crippen molar-refractivity contribution in [1.82, 2.24) is 19.1 Å². The fourth-order valence-corrected chi connectivity index (χ4v) is 7.13. The number of rotatable bonds is 11. The van der Waals surface area contributed by atoms with E-state index >= 15 is 0 Å². The molecule has 0 spiro atoms. The molecule has 0 atom stereocenters. The molecular weight excluding hydrogens is 554 g/mol. The van der Waals surface area contributed by atoms with Crippen molar-refractivity contribution >= 4 is 54.2 Å². The topological polar surface area (TPSA) is 88.4 Å². The Morgan fingerprint density at radius 3 is 2.38 bits per heavy atom. The lowest BCUT2D eigenvalue weighted by Gasteiger charge is -2.22. The van der Waals surface area contributed by atoms with Crippen LogP contribution >= 0.6 is 22.9 Å². The summed E-state index contributed by atoms with van der Waals surface area (Å²) in [6.07, 6.45) is 1.70. The Bertz CT molecular complexity index is 1580. The van der Waals surface area contributed by atoms with E-state index in [0.29, 0.717) is 41.9 Å². The third kappa shape index (κ3) is 6.19. The number of aryl methyl sites for hydroxylation is 3. The molecule has 0 unspecified atom stereocenters. The van der Waals surface area contributed by atoms with Crippen LogP contribution in [0.1, 0.15) is 54.0 Å². The maximum absolute atomic E-state index is 13.9. The van der Waals surface area contributed by atoms with Gasteiger partial charge in [-0.15, -0.1) is 0 Å². The molecule has 0 aliphatic rings. The van der Waals surface area contributed by atoms with Gasteiger partial charge < -0.3 is 0 Å². The fraction of sp³-hybridized carbons (Fsp3) is 0.393. The van der Waals surface area contributed by atoms with Gasteiger partial charge in [-0.1, -0.05) is 43.2 Å². The van der Waals surface area contributed by atoms with Gasteiger partial charge in [-0.25, -0.2) is 13.4 Å². The van der Waals surface area contributed by atoms with Crippen LogP contribution in [0.4, 0.5) is 5.13 Å². The number of thiazole rings is 1. The van der Waals surface area contributed by atoms with Gasteiger partial charge in [0.15, 0.2) is 5.13 Å². The Balaban J connectivity index is 1.67. The number of aromatic nitrogens is 3. The summed E-state index contributed by atoms with van der Waals surface area (Å²) in [4.78, 5) is 20.5. The number of benzene rings is 2. The molecule has 11 heteroatoms. The van der Waals surface area contributed by atoms with Crippen molar-refractivity contribution in [2.75, 3.05) is 24.5 Å². The average molecular weight is 588 g/mol. The van der Waals surface area contributed by atoms with Crippen LogP contribution < -0.4 is 4.90 Å². The molecule has 2 aromatic carbocycles. The number of anilines is 1. The van der Waals surface area contributed by atoms with E-state index in [9.17, 15) is 13.2 Å². The van der Waals surface area contributed by atoms with Crippen LogP contribution in [-0.2, 0) is 16.6 Å². The summed E-state index contributed by atoms with van der Waals surface area (Å²) in [5.41, 5.74) is 3.92. The molecular formula is C28H34ClN5O3S2. The van der Waals surface area contributed by atoms with E-state index in [4.69, 9.17) is 16.6 Å². The molecule has 0 saturated carbocycles. The lowest BCUT2D eigenvalue weighted by Crippen LogP contribution is -2.34. The monoisotopic (exact) mass is 587 g/mol. The third-order valence-electron chi connectivity index (χ3n) is 6.70. The number of nitrogens with zero attached hydrogens (tertiary/aromatic N) is 5. The van der Waals surface area contributed by atoms with Crippen LogP contribution in [-0.4, -0.2) is 53.0 Å². The molecule has 0 N–H and O–H groups in total. The summed E-state index contributed by atoms with van der Waals surface area (Å²) in [6, 6.07) is 11.9. The second-order valence-electron chi connectivity index (χ2n) is 9.50. The highest BCUT2D eigenvalue weighted by atomic mass is 35.5. The molecule has 4 aromatic rings. The number of carbonyl (C=O) groups excluding carboxylic acids is 1. The third-order valence-corrected chi connectivity index (χ3v) is 10.1. The summed E-state index contributed by atoms with van der Waals surface area (Å²) in [7, 11) is -3.64. The molecule has 0 aliphatic heterocycles. The predicted octanol–water partition coefficient (Wildman–Crippen LogP) is 6.23. The van der Waals surface area contributed by atoms with Crippen molar-refractivity contribution < 1.29 is 13.2 Å². The molecule has 0 fully saturated rings. The Hall–Kier alpha value is -2.79. The van der Waals surface area contributed by atoms with Crippen molar-refractivity contribution in [3.05, 3.63) is 70.0 Å². The van der Waals surface area contributed by atoms with E-state index in [1.807, 2.05) is 57.5 Å². The zero-order valence-electron chi connectivity index (χ0n) is 22.9. The summed E-state index contributed by atoms with van der Waals surface area (Å²) in [6.45, 7) is 11.4. The molecule has 0 radical (unpaired) electrons. The molecule has 1 amide bonds. The van der Waals surface area contributed by atoms with Crippen LogP contribution in [0.25, 0.3) is 10.2 Å². The van der Waals surface area contributed by atoms with E-state index in [1.54, 1.807) is 17.0 Å². The first kappa shape index (κ1) is 29.2. The van der Waals surface area contributed by atoms with E-state index in [2.05, 4.69) is 5.10 Å². The van der Waals surface area contributed by atoms with Crippen LogP contribution in [0.2, 0.25) is 5.02 Å². The van der Waals surface area contributed by atoms with Gasteiger partial charge in [0.05, 0.1) is 27.4 Å². The average Bonchev–Trinajstić information content (AvgIpc) is 3.49. The van der Waals surface area contributed by atoms with Gasteiger partial charge in [-0.05, 0) is 75.2 Å². The second-order valence-corrected chi connectivity index (χ2v) is 12.9. The predicted molar refractivity (Wildman–Crippen MR) is 159 cm³/mol. The summed E-state index contributed by atoms with van der Waals surface area (Å²) < 4.78 is 30.6. The quantitative estimate of drug-likeness (QED) is 0.208. The van der Waals surface area contributed by atoms with Crippen LogP contribution in [0.5, 0.6) is 0 Å². The van der Waals surface area contributed by atoms with Gasteiger partial charge in [0, 0.05) is 35.9 Å². The van der Waals surface area contributed by atoms with E-state index < -0.39 is 10.0 Å². The van der Waals surface area contributed by atoms with Crippen LogP contribution in [0.3, 0.4) is 0 Å². The first-order chi connectivity index (χ1) is 18.6. The molecule has 0 saturated heterocycles. The van der Waals surface area contributed by atoms with E-state index in [0.717, 1.165) is 40.0 Å². The number of amides is 1. The van der Waals surface area contributed by atoms with Crippen LogP contribution in [0, 0.1) is 20.8 Å². The van der Waals surface area contributed by atoms with Gasteiger partial charge in [0.1, 0.15) is 0 Å². The minimum Gasteiger partial charge on any atom is -0.282 e. The zero-order valence-corrected chi connectivity index (χ0v) is 25.3. The van der Waals surface area contributed by atoms with Gasteiger partial charge in [0.2, 0.25) is 10.0 Å². The number of fused-ring (bicyclic) bond motifs is 1. The number of unbranched alkanes of at least 4 members (excludes halogenated alkanes) is 1. The van der Waals surface area contributed by atoms with Crippen molar-refractivity contribution in [2.45, 2.75) is 58.9 Å². The summed E-state index contributed by atoms with van der Waals surface area (Å²) in [5, 5.41) is 5.71. The number of hydrogen-bond acceptors (Lipinski definition) is 6. The van der Waals surface area contributed by atoms with E-state index in [1.165, 1.54) is 27.8 Å². The van der Waals surface area contributed by atoms with Crippen molar-refractivity contribution in [1.29, 1.82) is 0 Å². The number of hydrogen-bond donors (Lipinski definition) is 0. The van der Waals surface area contributed by atoms with Crippen molar-refractivity contribution in [3.8, 4) is 0 Å². The molecule has 39 heavy (non-hydrogen) atoms. The Labute approximate surface area is 239 Å². The SMILES string of the molecule is CCCCN(CC)S(=O)(=O)c1ccc(C(=O)N(CCn2nc(C)cc2C)c2nc3c(C)c(Cl)ccc3s2)cc1. The molecule has 4 rings (SSSR count). The van der Waals surface area contributed by atoms with E-state index in [-0.39, 0.29) is 10.8 Å². The standard InChI is InChI=1S/C28H34ClN5O3S2/c1-6-8-15-32(7-2)39(36,37)23-11-9-22(10-12-23)27(35)33(16-17-34-20(4)18-19(3)31-34)28-30-26-21(5)24(29)13-14-25(26)38-28/h9-14,18H,6-8,15-17H2,1-5H3. The highest BCUT2D eigenvalue weighted by Gasteiger charge is 2.25. The lowest BCUT2D eigenvalue weighted by atomic mass is 10.2. The molecule has 0 aliphatic carbocycles. The van der Waals surface area contributed by atoms with Gasteiger partial charge in [-0.2, -0.15) is 9.40 Å². The normalized spacial score (nSPS) is 12.0. The maximum Gasteiger partial charge on any atom is 0.260 e. The van der Waals surface area contributed by atoms with Gasteiger partial charge in [-0.3, -0.25) is 14.4 Å². The molecule has 208 valence electrons. The number of sulfonamides is 1. The highest BCUT2D eigenvalue weighted by Crippen LogP contribution is 2.34. The molecule has 2 heterocycles. The summed E-state index contributed by atoms with van der Waals surface area (Å²) >= 11 is 7.75. The number of halogens is 1. The van der Waals surface area contributed by atoms with Crippen LogP contribution in [0.15, 0.2) is 47.4 Å². The molecule has 0 bridgehead atoms. The fourth-order valence-electron chi connectivity index (χ4n) is 4.44. The van der Waals surface area contributed by atoms with Crippen molar-refractivity contribution in [3.63, 3.8) is 0 Å². The molecule has 8 nitrogen and oxygen atoms in total. The largest absolute Gasteiger partial charge is 0.282 e. The second kappa shape index (κ2) is 12.2.